The van der Waals surface area contributed by atoms with Crippen molar-refractivity contribution >= 4 is 5.91 Å². The molecule has 1 amide bonds. The average Bonchev–Trinajstić information content (AvgIpc) is 2.99. The summed E-state index contributed by atoms with van der Waals surface area (Å²) in [6.07, 6.45) is 10.9. The molecule has 0 atom stereocenters. The molecule has 0 unspecified atom stereocenters. The predicted molar refractivity (Wildman–Crippen MR) is 127 cm³/mol. The molecule has 2 rings (SSSR count). The van der Waals surface area contributed by atoms with Gasteiger partial charge in [0.15, 0.2) is 0 Å². The molecule has 1 aromatic rings. The zero-order chi connectivity index (χ0) is 22.2. The van der Waals surface area contributed by atoms with Gasteiger partial charge in [0.1, 0.15) is 5.75 Å². The highest BCUT2D eigenvalue weighted by Gasteiger charge is 2.26. The third-order valence-electron chi connectivity index (χ3n) is 7.28. The first-order valence-corrected chi connectivity index (χ1v) is 12.3. The lowest BCUT2D eigenvalue weighted by Gasteiger charge is -2.30. The molecular formula is C27H45NO2. The second kappa shape index (κ2) is 11.2. The van der Waals surface area contributed by atoms with E-state index in [0.29, 0.717) is 19.1 Å². The van der Waals surface area contributed by atoms with Crippen molar-refractivity contribution in [3.8, 4) is 5.75 Å². The fourth-order valence-corrected chi connectivity index (χ4v) is 4.14. The number of hydrogen-bond donors (Lipinski definition) is 1. The first-order valence-electron chi connectivity index (χ1n) is 12.3. The maximum Gasteiger partial charge on any atom is 0.220 e. The van der Waals surface area contributed by atoms with Gasteiger partial charge in [0.05, 0.1) is 6.61 Å². The van der Waals surface area contributed by atoms with Crippen LogP contribution in [-0.4, -0.2) is 18.6 Å². The summed E-state index contributed by atoms with van der Waals surface area (Å²) in [5.74, 6) is 1.15. The second-order valence-electron chi connectivity index (χ2n) is 10.4. The average molecular weight is 416 g/mol. The van der Waals surface area contributed by atoms with Crippen molar-refractivity contribution in [2.75, 3.05) is 6.61 Å². The minimum absolute atomic E-state index is 0.0615. The van der Waals surface area contributed by atoms with E-state index in [9.17, 15) is 4.79 Å². The quantitative estimate of drug-likeness (QED) is 0.328. The molecular weight excluding hydrogens is 370 g/mol. The molecule has 0 spiro atoms. The number of amides is 1. The SMILES string of the molecule is CCC(C)(C)c1ccc(OCCCC(=O)NC2CCCCCC2)c(C(C)(C)CC)c1. The first kappa shape index (κ1) is 24.8. The largest absolute Gasteiger partial charge is 0.493 e. The Hall–Kier alpha value is -1.51. The predicted octanol–water partition coefficient (Wildman–Crippen LogP) is 7.06. The van der Waals surface area contributed by atoms with Gasteiger partial charge in [-0.2, -0.15) is 0 Å². The van der Waals surface area contributed by atoms with Gasteiger partial charge in [-0.15, -0.1) is 0 Å². The van der Waals surface area contributed by atoms with E-state index in [0.717, 1.165) is 37.9 Å². The summed E-state index contributed by atoms with van der Waals surface area (Å²) in [7, 11) is 0. The third kappa shape index (κ3) is 7.03. The van der Waals surface area contributed by atoms with Gasteiger partial charge in [0, 0.05) is 18.0 Å². The maximum absolute atomic E-state index is 12.3. The smallest absolute Gasteiger partial charge is 0.220 e. The molecule has 1 N–H and O–H groups in total. The number of benzene rings is 1. The van der Waals surface area contributed by atoms with Gasteiger partial charge < -0.3 is 10.1 Å². The lowest BCUT2D eigenvalue weighted by atomic mass is 9.76. The van der Waals surface area contributed by atoms with Crippen molar-refractivity contribution in [2.24, 2.45) is 0 Å². The van der Waals surface area contributed by atoms with Crippen molar-refractivity contribution in [3.05, 3.63) is 29.3 Å². The molecule has 0 aliphatic heterocycles. The van der Waals surface area contributed by atoms with Crippen LogP contribution in [-0.2, 0) is 15.6 Å². The molecule has 1 aromatic carbocycles. The Kier molecular flexibility index (Phi) is 9.25. The van der Waals surface area contributed by atoms with Gasteiger partial charge in [0.2, 0.25) is 5.91 Å². The van der Waals surface area contributed by atoms with Gasteiger partial charge in [-0.1, -0.05) is 79.4 Å². The number of hydrogen-bond acceptors (Lipinski definition) is 2. The van der Waals surface area contributed by atoms with E-state index in [1.165, 1.54) is 36.8 Å². The molecule has 0 bridgehead atoms. The van der Waals surface area contributed by atoms with E-state index < -0.39 is 0 Å². The van der Waals surface area contributed by atoms with Crippen LogP contribution in [0.1, 0.15) is 117 Å². The van der Waals surface area contributed by atoms with Gasteiger partial charge >= 0.3 is 0 Å². The van der Waals surface area contributed by atoms with E-state index in [1.807, 2.05) is 0 Å². The maximum atomic E-state index is 12.3. The van der Waals surface area contributed by atoms with E-state index in [2.05, 4.69) is 65.1 Å². The van der Waals surface area contributed by atoms with Crippen molar-refractivity contribution in [3.63, 3.8) is 0 Å². The fourth-order valence-electron chi connectivity index (χ4n) is 4.14. The van der Waals surface area contributed by atoms with Crippen LogP contribution < -0.4 is 10.1 Å². The van der Waals surface area contributed by atoms with Crippen LogP contribution in [0.3, 0.4) is 0 Å². The number of rotatable bonds is 10. The van der Waals surface area contributed by atoms with Gasteiger partial charge in [-0.3, -0.25) is 4.79 Å². The van der Waals surface area contributed by atoms with E-state index in [1.54, 1.807) is 0 Å². The Morgan fingerprint density at radius 3 is 2.23 bits per heavy atom. The van der Waals surface area contributed by atoms with Crippen LogP contribution in [0.2, 0.25) is 0 Å². The lowest BCUT2D eigenvalue weighted by molar-refractivity contribution is -0.122. The summed E-state index contributed by atoms with van der Waals surface area (Å²) >= 11 is 0. The Bertz CT molecular complexity index is 669. The summed E-state index contributed by atoms with van der Waals surface area (Å²) < 4.78 is 6.21. The van der Waals surface area contributed by atoms with Crippen LogP contribution >= 0.6 is 0 Å². The highest BCUT2D eigenvalue weighted by molar-refractivity contribution is 5.76. The molecule has 1 aliphatic carbocycles. The van der Waals surface area contributed by atoms with Crippen molar-refractivity contribution in [1.29, 1.82) is 0 Å². The molecule has 3 heteroatoms. The zero-order valence-electron chi connectivity index (χ0n) is 20.4. The first-order chi connectivity index (χ1) is 14.2. The topological polar surface area (TPSA) is 38.3 Å². The molecule has 170 valence electrons. The summed E-state index contributed by atoms with van der Waals surface area (Å²) in [5, 5.41) is 3.24. The fraction of sp³-hybridized carbons (Fsp3) is 0.741. The molecule has 0 aromatic heterocycles. The Balaban J connectivity index is 1.94. The standard InChI is InChI=1S/C27H45NO2/c1-7-26(3,4)21-17-18-24(23(20-21)27(5,6)8-2)30-19-13-16-25(29)28-22-14-11-9-10-12-15-22/h17-18,20,22H,7-16,19H2,1-6H3,(H,28,29). The van der Waals surface area contributed by atoms with E-state index in [4.69, 9.17) is 4.74 Å². The van der Waals surface area contributed by atoms with Crippen molar-refractivity contribution in [1.82, 2.24) is 5.32 Å². The number of carbonyl (C=O) groups excluding carboxylic acids is 1. The van der Waals surface area contributed by atoms with Gasteiger partial charge in [-0.25, -0.2) is 0 Å². The van der Waals surface area contributed by atoms with E-state index >= 15 is 0 Å². The molecule has 1 fully saturated rings. The van der Waals surface area contributed by atoms with Gasteiger partial charge in [0.25, 0.3) is 0 Å². The minimum atomic E-state index is 0.0615. The highest BCUT2D eigenvalue weighted by atomic mass is 16.5. The molecule has 0 radical (unpaired) electrons. The van der Waals surface area contributed by atoms with Crippen molar-refractivity contribution in [2.45, 2.75) is 123 Å². The second-order valence-corrected chi connectivity index (χ2v) is 10.4. The zero-order valence-corrected chi connectivity index (χ0v) is 20.4. The number of nitrogens with one attached hydrogen (secondary N) is 1. The van der Waals surface area contributed by atoms with Crippen LogP contribution in [0, 0.1) is 0 Å². The van der Waals surface area contributed by atoms with Crippen LogP contribution in [0.4, 0.5) is 0 Å². The van der Waals surface area contributed by atoms with Crippen LogP contribution in [0.25, 0.3) is 0 Å². The molecule has 0 heterocycles. The number of carbonyl (C=O) groups is 1. The van der Waals surface area contributed by atoms with Crippen LogP contribution in [0.15, 0.2) is 18.2 Å². The molecule has 0 saturated heterocycles. The molecule has 30 heavy (non-hydrogen) atoms. The number of ether oxygens (including phenoxy) is 1. The van der Waals surface area contributed by atoms with Gasteiger partial charge in [-0.05, 0) is 54.6 Å². The summed E-state index contributed by atoms with van der Waals surface area (Å²) in [6.45, 7) is 14.3. The molecule has 1 aliphatic rings. The lowest BCUT2D eigenvalue weighted by Crippen LogP contribution is -2.34. The Morgan fingerprint density at radius 1 is 1.00 bits per heavy atom. The van der Waals surface area contributed by atoms with E-state index in [-0.39, 0.29) is 16.7 Å². The van der Waals surface area contributed by atoms with Crippen molar-refractivity contribution < 1.29 is 9.53 Å². The highest BCUT2D eigenvalue weighted by Crippen LogP contribution is 2.38. The Labute approximate surface area is 185 Å². The third-order valence-corrected chi connectivity index (χ3v) is 7.28. The minimum Gasteiger partial charge on any atom is -0.493 e. The summed E-state index contributed by atoms with van der Waals surface area (Å²) in [5.41, 5.74) is 2.88. The summed E-state index contributed by atoms with van der Waals surface area (Å²) in [6, 6.07) is 7.09. The monoisotopic (exact) mass is 415 g/mol. The Morgan fingerprint density at radius 2 is 1.63 bits per heavy atom. The van der Waals surface area contributed by atoms with Crippen LogP contribution in [0.5, 0.6) is 5.75 Å². The summed E-state index contributed by atoms with van der Waals surface area (Å²) in [4.78, 5) is 12.3. The normalized spacial score (nSPS) is 16.2. The molecule has 3 nitrogen and oxygen atoms in total. The molecule has 1 saturated carbocycles.